The van der Waals surface area contributed by atoms with Crippen LogP contribution in [0.2, 0.25) is 0 Å². The minimum Gasteiger partial charge on any atom is -0.379 e. The predicted molar refractivity (Wildman–Crippen MR) is 98.5 cm³/mol. The maximum Gasteiger partial charge on any atom is 0.416 e. The summed E-state index contributed by atoms with van der Waals surface area (Å²) in [6, 6.07) is 2.70. The fraction of sp³-hybridized carbons (Fsp3) is 0.588. The number of sulfonamides is 1. The van der Waals surface area contributed by atoms with E-state index in [9.17, 15) is 26.4 Å². The Morgan fingerprint density at radius 2 is 1.96 bits per heavy atom. The van der Waals surface area contributed by atoms with Crippen LogP contribution in [-0.2, 0) is 25.7 Å². The largest absolute Gasteiger partial charge is 0.416 e. The summed E-state index contributed by atoms with van der Waals surface area (Å²) in [6.45, 7) is 4.92. The maximum atomic E-state index is 13.0. The zero-order chi connectivity index (χ0) is 20.9. The van der Waals surface area contributed by atoms with Crippen LogP contribution in [0.3, 0.4) is 0 Å². The van der Waals surface area contributed by atoms with Gasteiger partial charge in [-0.05, 0) is 25.1 Å². The molecule has 1 fully saturated rings. The molecule has 1 aliphatic rings. The molecule has 0 saturated carbocycles. The molecule has 1 saturated heterocycles. The Labute approximate surface area is 162 Å². The number of hydrogen-bond donors (Lipinski definition) is 1. The van der Waals surface area contributed by atoms with E-state index in [0.717, 1.165) is 37.5 Å². The summed E-state index contributed by atoms with van der Waals surface area (Å²) < 4.78 is 69.3. The van der Waals surface area contributed by atoms with Crippen LogP contribution in [0.4, 0.5) is 18.9 Å². The first-order valence-electron chi connectivity index (χ1n) is 8.74. The molecule has 1 aromatic carbocycles. The summed E-state index contributed by atoms with van der Waals surface area (Å²) in [5, 5.41) is 2.65. The van der Waals surface area contributed by atoms with Crippen molar-refractivity contribution in [3.8, 4) is 0 Å². The van der Waals surface area contributed by atoms with Crippen LogP contribution in [0.1, 0.15) is 12.5 Å². The van der Waals surface area contributed by atoms with Gasteiger partial charge in [0.2, 0.25) is 15.9 Å². The normalized spacial score (nSPS) is 17.2. The highest BCUT2D eigenvalue weighted by Gasteiger charge is 2.34. The molecule has 1 amide bonds. The van der Waals surface area contributed by atoms with Crippen molar-refractivity contribution in [3.63, 3.8) is 0 Å². The number of hydrogen-bond acceptors (Lipinski definition) is 5. The molecular weight excluding hydrogens is 399 g/mol. The molecule has 1 heterocycles. The van der Waals surface area contributed by atoms with E-state index in [-0.39, 0.29) is 5.69 Å². The molecule has 1 atom stereocenters. The maximum absolute atomic E-state index is 13.0. The van der Waals surface area contributed by atoms with Gasteiger partial charge >= 0.3 is 6.18 Å². The lowest BCUT2D eigenvalue weighted by atomic mass is 10.2. The molecule has 1 N–H and O–H groups in total. The molecule has 0 bridgehead atoms. The second kappa shape index (κ2) is 9.10. The number of benzene rings is 1. The lowest BCUT2D eigenvalue weighted by molar-refractivity contribution is -0.137. The van der Waals surface area contributed by atoms with Crippen molar-refractivity contribution in [1.29, 1.82) is 0 Å². The van der Waals surface area contributed by atoms with E-state index in [1.165, 1.54) is 13.0 Å². The zero-order valence-corrected chi connectivity index (χ0v) is 16.5. The molecule has 28 heavy (non-hydrogen) atoms. The van der Waals surface area contributed by atoms with Crippen LogP contribution < -0.4 is 9.62 Å². The van der Waals surface area contributed by atoms with Gasteiger partial charge in [-0.2, -0.15) is 13.2 Å². The predicted octanol–water partition coefficient (Wildman–Crippen LogP) is 1.31. The van der Waals surface area contributed by atoms with Crippen molar-refractivity contribution in [2.45, 2.75) is 19.1 Å². The average molecular weight is 423 g/mol. The fourth-order valence-corrected chi connectivity index (χ4v) is 4.10. The molecule has 1 unspecified atom stereocenters. The van der Waals surface area contributed by atoms with Gasteiger partial charge in [0.05, 0.1) is 30.7 Å². The van der Waals surface area contributed by atoms with E-state index < -0.39 is 33.7 Å². The number of carbonyl (C=O) groups excluding carboxylic acids is 1. The summed E-state index contributed by atoms with van der Waals surface area (Å²) in [5.74, 6) is -0.587. The molecule has 0 aliphatic carbocycles. The van der Waals surface area contributed by atoms with Gasteiger partial charge in [-0.3, -0.25) is 14.0 Å². The number of halogens is 3. The fourth-order valence-electron chi connectivity index (χ4n) is 2.94. The van der Waals surface area contributed by atoms with Crippen LogP contribution in [0, 0.1) is 0 Å². The van der Waals surface area contributed by atoms with Gasteiger partial charge in [0.15, 0.2) is 0 Å². The molecule has 1 aromatic rings. The minimum atomic E-state index is -4.62. The van der Waals surface area contributed by atoms with Gasteiger partial charge in [0.25, 0.3) is 0 Å². The van der Waals surface area contributed by atoms with Gasteiger partial charge in [0, 0.05) is 26.2 Å². The van der Waals surface area contributed by atoms with Crippen LogP contribution >= 0.6 is 0 Å². The van der Waals surface area contributed by atoms with E-state index >= 15 is 0 Å². The Morgan fingerprint density at radius 1 is 1.32 bits per heavy atom. The summed E-state index contributed by atoms with van der Waals surface area (Å²) in [4.78, 5) is 14.5. The van der Waals surface area contributed by atoms with E-state index in [2.05, 4.69) is 10.2 Å². The average Bonchev–Trinajstić information content (AvgIpc) is 2.61. The number of carbonyl (C=O) groups is 1. The second-order valence-corrected chi connectivity index (χ2v) is 8.39. The monoisotopic (exact) mass is 423 g/mol. The van der Waals surface area contributed by atoms with Gasteiger partial charge in [0.1, 0.15) is 6.04 Å². The third-order valence-electron chi connectivity index (χ3n) is 4.35. The summed E-state index contributed by atoms with van der Waals surface area (Å²) in [5.41, 5.74) is -1.20. The van der Waals surface area contributed by atoms with Crippen LogP contribution in [0.25, 0.3) is 0 Å². The zero-order valence-electron chi connectivity index (χ0n) is 15.7. The molecule has 2 rings (SSSR count). The summed E-state index contributed by atoms with van der Waals surface area (Å²) >= 11 is 0. The molecule has 1 aliphatic heterocycles. The van der Waals surface area contributed by atoms with Crippen molar-refractivity contribution in [1.82, 2.24) is 10.2 Å². The molecule has 0 spiro atoms. The molecule has 7 nitrogen and oxygen atoms in total. The number of amides is 1. The molecule has 11 heteroatoms. The first-order chi connectivity index (χ1) is 13.0. The number of nitrogens with zero attached hydrogens (tertiary/aromatic N) is 2. The lowest BCUT2D eigenvalue weighted by Crippen LogP contribution is -2.49. The summed E-state index contributed by atoms with van der Waals surface area (Å²) in [6.07, 6.45) is -3.77. The van der Waals surface area contributed by atoms with Gasteiger partial charge in [-0.25, -0.2) is 8.42 Å². The standard InChI is InChI=1S/C17H24F3N3O4S/c1-13(16(24)21-6-7-22-8-10-27-11-9-22)23(28(2,25)26)15-5-3-4-14(12-15)17(18,19)20/h3-5,12-13H,6-11H2,1-2H3,(H,21,24). The molecule has 0 radical (unpaired) electrons. The quantitative estimate of drug-likeness (QED) is 0.716. The number of morpholine rings is 1. The Morgan fingerprint density at radius 3 is 2.54 bits per heavy atom. The Bertz CT molecular complexity index is 780. The van der Waals surface area contributed by atoms with E-state index in [0.29, 0.717) is 30.6 Å². The SMILES string of the molecule is CC(C(=O)NCCN1CCOCC1)N(c1cccc(C(F)(F)F)c1)S(C)(=O)=O. The minimum absolute atomic E-state index is 0.215. The van der Waals surface area contributed by atoms with Gasteiger partial charge in [-0.15, -0.1) is 0 Å². The van der Waals surface area contributed by atoms with E-state index in [1.807, 2.05) is 0 Å². The first-order valence-corrected chi connectivity index (χ1v) is 10.6. The number of rotatable bonds is 7. The highest BCUT2D eigenvalue weighted by molar-refractivity contribution is 7.92. The number of alkyl halides is 3. The van der Waals surface area contributed by atoms with Crippen molar-refractivity contribution in [2.75, 3.05) is 50.0 Å². The Hall–Kier alpha value is -1.85. The van der Waals surface area contributed by atoms with Crippen LogP contribution in [0.5, 0.6) is 0 Å². The third kappa shape index (κ3) is 6.08. The van der Waals surface area contributed by atoms with E-state index in [4.69, 9.17) is 4.74 Å². The highest BCUT2D eigenvalue weighted by Crippen LogP contribution is 2.32. The van der Waals surface area contributed by atoms with Crippen molar-refractivity contribution in [3.05, 3.63) is 29.8 Å². The molecule has 158 valence electrons. The van der Waals surface area contributed by atoms with Crippen LogP contribution in [0.15, 0.2) is 24.3 Å². The Kier molecular flexibility index (Phi) is 7.29. The Balaban J connectivity index is 2.11. The highest BCUT2D eigenvalue weighted by atomic mass is 32.2. The lowest BCUT2D eigenvalue weighted by Gasteiger charge is -2.30. The van der Waals surface area contributed by atoms with E-state index in [1.54, 1.807) is 0 Å². The van der Waals surface area contributed by atoms with Crippen molar-refractivity contribution >= 4 is 21.6 Å². The number of anilines is 1. The topological polar surface area (TPSA) is 79.0 Å². The third-order valence-corrected chi connectivity index (χ3v) is 5.59. The van der Waals surface area contributed by atoms with Gasteiger partial charge < -0.3 is 10.1 Å². The first kappa shape index (κ1) is 22.4. The van der Waals surface area contributed by atoms with Gasteiger partial charge in [-0.1, -0.05) is 6.07 Å². The second-order valence-electron chi connectivity index (χ2n) is 6.53. The van der Waals surface area contributed by atoms with Crippen molar-refractivity contribution in [2.24, 2.45) is 0 Å². The smallest absolute Gasteiger partial charge is 0.379 e. The van der Waals surface area contributed by atoms with Crippen molar-refractivity contribution < 1.29 is 31.1 Å². The number of ether oxygens (including phenoxy) is 1. The summed E-state index contributed by atoms with van der Waals surface area (Å²) in [7, 11) is -3.99. The van der Waals surface area contributed by atoms with Crippen LogP contribution in [-0.4, -0.2) is 70.9 Å². The molecular formula is C17H24F3N3O4S. The number of nitrogens with one attached hydrogen (secondary N) is 1. The molecule has 0 aromatic heterocycles.